The van der Waals surface area contributed by atoms with Crippen molar-refractivity contribution in [2.24, 2.45) is 0 Å². The van der Waals surface area contributed by atoms with Gasteiger partial charge in [0.1, 0.15) is 18.5 Å². The van der Waals surface area contributed by atoms with Crippen molar-refractivity contribution in [1.29, 1.82) is 0 Å². The predicted octanol–water partition coefficient (Wildman–Crippen LogP) is 3.86. The molecule has 0 spiro atoms. The SMILES string of the molecule is COC(=O)C1=C(C)NC(C)=C(C(=O)OCCCCNC(=O)OCCCCNCC(O)COc2ccccc2)C1c1cccc([N+](=O)[O-])c1. The smallest absolute Gasteiger partial charge is 0.407 e. The molecule has 0 radical (unpaired) electrons. The standard InChI is InChI=1S/C34H44N4O10/c1-23-29(32(40)45-3)31(25-12-11-13-26(20-25)38(43)44)30(24(2)37-23)33(41)46-18-10-8-17-36-34(42)47-19-9-7-16-35-21-27(39)22-48-28-14-5-4-6-15-28/h4-6,11-15,20,27,31,35,37,39H,7-10,16-19,21-22H2,1-3H3,(H,36,42). The topological polar surface area (TPSA) is 188 Å². The lowest BCUT2D eigenvalue weighted by atomic mass is 9.80. The Morgan fingerprint density at radius 3 is 2.27 bits per heavy atom. The molecular weight excluding hydrogens is 624 g/mol. The van der Waals surface area contributed by atoms with Gasteiger partial charge in [-0.05, 0) is 63.8 Å². The van der Waals surface area contributed by atoms with E-state index in [1.807, 2.05) is 30.3 Å². The molecule has 3 rings (SSSR count). The highest BCUT2D eigenvalue weighted by atomic mass is 16.6. The van der Waals surface area contributed by atoms with Gasteiger partial charge in [-0.1, -0.05) is 30.3 Å². The van der Waals surface area contributed by atoms with E-state index in [0.717, 1.165) is 6.42 Å². The lowest BCUT2D eigenvalue weighted by molar-refractivity contribution is -0.384. The fourth-order valence-electron chi connectivity index (χ4n) is 5.06. The Morgan fingerprint density at radius 2 is 1.58 bits per heavy atom. The molecular formula is C34H44N4O10. The second-order valence-corrected chi connectivity index (χ2v) is 11.1. The number of non-ortho nitro benzene ring substituents is 1. The van der Waals surface area contributed by atoms with Crippen molar-refractivity contribution in [2.75, 3.05) is 46.6 Å². The van der Waals surface area contributed by atoms with Crippen molar-refractivity contribution in [3.05, 3.63) is 92.8 Å². The minimum absolute atomic E-state index is 0.0460. The monoisotopic (exact) mass is 668 g/mol. The van der Waals surface area contributed by atoms with Crippen molar-refractivity contribution < 1.29 is 43.4 Å². The zero-order valence-electron chi connectivity index (χ0n) is 27.5. The number of nitrogens with one attached hydrogen (secondary N) is 3. The van der Waals surface area contributed by atoms with E-state index in [9.17, 15) is 29.6 Å². The largest absolute Gasteiger partial charge is 0.491 e. The molecule has 0 saturated carbocycles. The van der Waals surface area contributed by atoms with E-state index < -0.39 is 35.0 Å². The second-order valence-electron chi connectivity index (χ2n) is 11.1. The van der Waals surface area contributed by atoms with Crippen LogP contribution in [0.4, 0.5) is 10.5 Å². The molecule has 0 aliphatic carbocycles. The maximum Gasteiger partial charge on any atom is 0.407 e. The third kappa shape index (κ3) is 11.7. The Bertz CT molecular complexity index is 1460. The predicted molar refractivity (Wildman–Crippen MR) is 176 cm³/mol. The number of unbranched alkanes of at least 4 members (excludes halogenated alkanes) is 2. The highest BCUT2D eigenvalue weighted by Crippen LogP contribution is 2.40. The number of methoxy groups -OCH3 is 1. The van der Waals surface area contributed by atoms with Gasteiger partial charge in [0, 0.05) is 36.6 Å². The summed E-state index contributed by atoms with van der Waals surface area (Å²) in [5, 5.41) is 30.3. The molecule has 48 heavy (non-hydrogen) atoms. The molecule has 4 N–H and O–H groups in total. The van der Waals surface area contributed by atoms with Gasteiger partial charge in [-0.3, -0.25) is 10.1 Å². The van der Waals surface area contributed by atoms with E-state index in [-0.39, 0.29) is 36.7 Å². The molecule has 14 heteroatoms. The minimum Gasteiger partial charge on any atom is -0.491 e. The molecule has 14 nitrogen and oxygen atoms in total. The molecule has 2 aromatic carbocycles. The lowest BCUT2D eigenvalue weighted by Crippen LogP contribution is -2.32. The molecule has 0 saturated heterocycles. The van der Waals surface area contributed by atoms with E-state index in [1.54, 1.807) is 19.9 Å². The molecule has 2 atom stereocenters. The van der Waals surface area contributed by atoms with Gasteiger partial charge in [-0.15, -0.1) is 0 Å². The van der Waals surface area contributed by atoms with Crippen LogP contribution in [0.2, 0.25) is 0 Å². The number of carbonyl (C=O) groups is 3. The Hall–Kier alpha value is -4.95. The van der Waals surface area contributed by atoms with Gasteiger partial charge >= 0.3 is 18.0 Å². The minimum atomic E-state index is -0.940. The number of alkyl carbamates (subject to hydrolysis) is 1. The van der Waals surface area contributed by atoms with Gasteiger partial charge in [0.05, 0.1) is 42.3 Å². The number of aliphatic hydroxyl groups excluding tert-OH is 1. The van der Waals surface area contributed by atoms with Crippen LogP contribution in [-0.2, 0) is 23.8 Å². The summed E-state index contributed by atoms with van der Waals surface area (Å²) in [5.74, 6) is -1.59. The molecule has 1 aliphatic rings. The number of nitro groups is 1. The number of ether oxygens (including phenoxy) is 4. The summed E-state index contributed by atoms with van der Waals surface area (Å²) in [7, 11) is 1.22. The maximum atomic E-state index is 13.3. The summed E-state index contributed by atoms with van der Waals surface area (Å²) in [5.41, 5.74) is 1.40. The number of benzene rings is 2. The number of amides is 1. The van der Waals surface area contributed by atoms with Crippen LogP contribution >= 0.6 is 0 Å². The van der Waals surface area contributed by atoms with Crippen LogP contribution in [-0.4, -0.2) is 80.7 Å². The number of aliphatic hydroxyl groups is 1. The zero-order chi connectivity index (χ0) is 34.9. The van der Waals surface area contributed by atoms with Crippen molar-refractivity contribution in [3.8, 4) is 5.75 Å². The number of hydrogen-bond acceptors (Lipinski definition) is 12. The molecule has 1 heterocycles. The lowest BCUT2D eigenvalue weighted by Gasteiger charge is -2.30. The van der Waals surface area contributed by atoms with Crippen LogP contribution in [0.25, 0.3) is 0 Å². The normalized spacial score (nSPS) is 14.9. The average Bonchev–Trinajstić information content (AvgIpc) is 3.08. The Balaban J connectivity index is 1.34. The van der Waals surface area contributed by atoms with Crippen molar-refractivity contribution in [3.63, 3.8) is 0 Å². The first-order valence-corrected chi connectivity index (χ1v) is 15.8. The van der Waals surface area contributed by atoms with Crippen LogP contribution in [0.3, 0.4) is 0 Å². The Labute approximate surface area is 279 Å². The molecule has 0 aromatic heterocycles. The van der Waals surface area contributed by atoms with E-state index >= 15 is 0 Å². The van der Waals surface area contributed by atoms with Gasteiger partial charge in [-0.25, -0.2) is 14.4 Å². The van der Waals surface area contributed by atoms with Crippen molar-refractivity contribution >= 4 is 23.7 Å². The number of nitrogens with zero attached hydrogens (tertiary/aromatic N) is 1. The number of rotatable bonds is 19. The highest BCUT2D eigenvalue weighted by molar-refractivity contribution is 5.99. The summed E-state index contributed by atoms with van der Waals surface area (Å²) < 4.78 is 21.2. The first-order valence-electron chi connectivity index (χ1n) is 15.8. The van der Waals surface area contributed by atoms with Crippen LogP contribution in [0.5, 0.6) is 5.75 Å². The summed E-state index contributed by atoms with van der Waals surface area (Å²) in [4.78, 5) is 48.9. The average molecular weight is 669 g/mol. The Kier molecular flexibility index (Phi) is 15.4. The number of para-hydroxylation sites is 1. The third-order valence-electron chi connectivity index (χ3n) is 7.42. The van der Waals surface area contributed by atoms with Gasteiger partial charge in [0.25, 0.3) is 5.69 Å². The number of allylic oxidation sites excluding steroid dienone is 2. The highest BCUT2D eigenvalue weighted by Gasteiger charge is 2.38. The molecule has 0 fully saturated rings. The van der Waals surface area contributed by atoms with Gasteiger partial charge in [0.15, 0.2) is 0 Å². The first-order chi connectivity index (χ1) is 23.1. The molecule has 1 amide bonds. The van der Waals surface area contributed by atoms with Crippen LogP contribution in [0.1, 0.15) is 51.0 Å². The maximum absolute atomic E-state index is 13.3. The summed E-state index contributed by atoms with van der Waals surface area (Å²) in [6.45, 7) is 5.18. The number of carbonyl (C=O) groups excluding carboxylic acids is 3. The summed E-state index contributed by atoms with van der Waals surface area (Å²) in [6, 6.07) is 15.0. The van der Waals surface area contributed by atoms with Crippen molar-refractivity contribution in [2.45, 2.75) is 51.6 Å². The molecule has 2 unspecified atom stereocenters. The number of dihydropyridines is 1. The quantitative estimate of drug-likeness (QED) is 0.0557. The fraction of sp³-hybridized carbons (Fsp3) is 0.441. The van der Waals surface area contributed by atoms with E-state index in [4.69, 9.17) is 18.9 Å². The number of esters is 2. The molecule has 1 aliphatic heterocycles. The zero-order valence-corrected chi connectivity index (χ0v) is 27.5. The van der Waals surface area contributed by atoms with Gasteiger partial charge in [-0.2, -0.15) is 0 Å². The number of nitro benzene ring substituents is 1. The second kappa shape index (κ2) is 19.7. The van der Waals surface area contributed by atoms with E-state index in [2.05, 4.69) is 16.0 Å². The molecule has 260 valence electrons. The molecule has 2 aromatic rings. The summed E-state index contributed by atoms with van der Waals surface area (Å²) >= 11 is 0. The fourth-order valence-corrected chi connectivity index (χ4v) is 5.06. The summed E-state index contributed by atoms with van der Waals surface area (Å²) in [6.07, 6.45) is 1.19. The van der Waals surface area contributed by atoms with Crippen LogP contribution in [0, 0.1) is 10.1 Å². The third-order valence-corrected chi connectivity index (χ3v) is 7.42. The van der Waals surface area contributed by atoms with E-state index in [1.165, 1.54) is 25.3 Å². The van der Waals surface area contributed by atoms with Crippen LogP contribution in [0.15, 0.2) is 77.1 Å². The van der Waals surface area contributed by atoms with E-state index in [0.29, 0.717) is 61.6 Å². The molecule has 0 bridgehead atoms. The van der Waals surface area contributed by atoms with Crippen molar-refractivity contribution in [1.82, 2.24) is 16.0 Å². The first kappa shape index (κ1) is 37.5. The van der Waals surface area contributed by atoms with Crippen LogP contribution < -0.4 is 20.7 Å². The van der Waals surface area contributed by atoms with Gasteiger partial charge in [0.2, 0.25) is 0 Å². The number of hydrogen-bond donors (Lipinski definition) is 4. The Morgan fingerprint density at radius 1 is 0.917 bits per heavy atom. The van der Waals surface area contributed by atoms with Gasteiger partial charge < -0.3 is 40.0 Å².